The fourth-order valence-corrected chi connectivity index (χ4v) is 1.95. The van der Waals surface area contributed by atoms with Gasteiger partial charge in [0.05, 0.1) is 6.07 Å². The van der Waals surface area contributed by atoms with E-state index in [2.05, 4.69) is 10.6 Å². The standard InChI is InChI=1S/C16H20N4O3/c1-11(10-14(21)19-9-7-17)6-8-20-16(23)13-4-2-12(3-5-13)15(18)22/h2-5,11H,6,8-10H2,1H3,(H2,18,22)(H,19,21)(H,20,23). The molecule has 0 heterocycles. The number of hydrogen-bond donors (Lipinski definition) is 3. The Morgan fingerprint density at radius 2 is 1.78 bits per heavy atom. The minimum Gasteiger partial charge on any atom is -0.366 e. The van der Waals surface area contributed by atoms with E-state index < -0.39 is 5.91 Å². The smallest absolute Gasteiger partial charge is 0.251 e. The van der Waals surface area contributed by atoms with Gasteiger partial charge in [0.15, 0.2) is 0 Å². The minimum atomic E-state index is -0.541. The first-order chi connectivity index (χ1) is 10.9. The molecule has 1 unspecified atom stereocenters. The highest BCUT2D eigenvalue weighted by Crippen LogP contribution is 2.07. The molecule has 7 heteroatoms. The molecular weight excluding hydrogens is 296 g/mol. The lowest BCUT2D eigenvalue weighted by atomic mass is 10.0. The summed E-state index contributed by atoms with van der Waals surface area (Å²) >= 11 is 0. The number of rotatable bonds is 8. The van der Waals surface area contributed by atoms with Gasteiger partial charge in [-0.15, -0.1) is 0 Å². The largest absolute Gasteiger partial charge is 0.366 e. The Balaban J connectivity index is 2.34. The van der Waals surface area contributed by atoms with Gasteiger partial charge in [-0.1, -0.05) is 6.92 Å². The van der Waals surface area contributed by atoms with Gasteiger partial charge in [-0.05, 0) is 36.6 Å². The molecule has 7 nitrogen and oxygen atoms in total. The van der Waals surface area contributed by atoms with Gasteiger partial charge in [0.2, 0.25) is 11.8 Å². The first-order valence-corrected chi connectivity index (χ1v) is 7.25. The maximum absolute atomic E-state index is 11.9. The third kappa shape index (κ3) is 6.61. The summed E-state index contributed by atoms with van der Waals surface area (Å²) in [6, 6.07) is 7.91. The van der Waals surface area contributed by atoms with Gasteiger partial charge in [0.25, 0.3) is 5.91 Å². The van der Waals surface area contributed by atoms with E-state index in [9.17, 15) is 14.4 Å². The van der Waals surface area contributed by atoms with Gasteiger partial charge in [-0.3, -0.25) is 14.4 Å². The first kappa shape index (κ1) is 18.2. The van der Waals surface area contributed by atoms with Gasteiger partial charge in [-0.2, -0.15) is 5.26 Å². The number of nitrogens with one attached hydrogen (secondary N) is 2. The zero-order valence-corrected chi connectivity index (χ0v) is 13.0. The van der Waals surface area contributed by atoms with Crippen molar-refractivity contribution in [3.05, 3.63) is 35.4 Å². The molecule has 23 heavy (non-hydrogen) atoms. The number of hydrogen-bond acceptors (Lipinski definition) is 4. The molecule has 1 rings (SSSR count). The molecule has 4 N–H and O–H groups in total. The molecular formula is C16H20N4O3. The third-order valence-electron chi connectivity index (χ3n) is 3.25. The van der Waals surface area contributed by atoms with Crippen LogP contribution in [0.3, 0.4) is 0 Å². The van der Waals surface area contributed by atoms with Crippen LogP contribution in [0.15, 0.2) is 24.3 Å². The molecule has 0 saturated heterocycles. The Hall–Kier alpha value is -2.88. The van der Waals surface area contributed by atoms with Gasteiger partial charge < -0.3 is 16.4 Å². The normalized spacial score (nSPS) is 11.1. The molecule has 1 aromatic rings. The average Bonchev–Trinajstić information content (AvgIpc) is 2.52. The molecule has 0 aliphatic carbocycles. The molecule has 1 aromatic carbocycles. The predicted octanol–water partition coefficient (Wildman–Crippen LogP) is 0.571. The van der Waals surface area contributed by atoms with E-state index in [1.165, 1.54) is 24.3 Å². The van der Waals surface area contributed by atoms with E-state index in [4.69, 9.17) is 11.0 Å². The van der Waals surface area contributed by atoms with Crippen LogP contribution in [-0.2, 0) is 4.79 Å². The van der Waals surface area contributed by atoms with Crippen molar-refractivity contribution in [1.29, 1.82) is 5.26 Å². The Labute approximate surface area is 134 Å². The molecule has 0 spiro atoms. The van der Waals surface area contributed by atoms with Crippen molar-refractivity contribution in [3.8, 4) is 6.07 Å². The lowest BCUT2D eigenvalue weighted by Gasteiger charge is -2.11. The SMILES string of the molecule is CC(CCNC(=O)c1ccc(C(N)=O)cc1)CC(=O)NCC#N. The number of primary amides is 1. The fourth-order valence-electron chi connectivity index (χ4n) is 1.95. The monoisotopic (exact) mass is 316 g/mol. The van der Waals surface area contributed by atoms with Crippen LogP contribution in [0, 0.1) is 17.2 Å². The molecule has 1 atom stereocenters. The molecule has 0 bridgehead atoms. The number of amides is 3. The van der Waals surface area contributed by atoms with Crippen LogP contribution < -0.4 is 16.4 Å². The molecule has 0 radical (unpaired) electrons. The number of nitrogens with zero attached hydrogens (tertiary/aromatic N) is 1. The highest BCUT2D eigenvalue weighted by Gasteiger charge is 2.10. The second kappa shape index (κ2) is 9.20. The van der Waals surface area contributed by atoms with Gasteiger partial charge in [-0.25, -0.2) is 0 Å². The lowest BCUT2D eigenvalue weighted by molar-refractivity contribution is -0.121. The van der Waals surface area contributed by atoms with Gasteiger partial charge in [0.1, 0.15) is 6.54 Å². The summed E-state index contributed by atoms with van der Waals surface area (Å²) in [4.78, 5) is 34.3. The Kier molecular flexibility index (Phi) is 7.27. The summed E-state index contributed by atoms with van der Waals surface area (Å²) in [5, 5.41) is 13.6. The molecule has 0 aliphatic rings. The molecule has 0 aromatic heterocycles. The summed E-state index contributed by atoms with van der Waals surface area (Å²) in [6.07, 6.45) is 0.954. The van der Waals surface area contributed by atoms with Crippen LogP contribution in [0.25, 0.3) is 0 Å². The summed E-state index contributed by atoms with van der Waals surface area (Å²) in [5.41, 5.74) is 5.92. The molecule has 0 aliphatic heterocycles. The quantitative estimate of drug-likeness (QED) is 0.606. The van der Waals surface area contributed by atoms with E-state index in [1.807, 2.05) is 13.0 Å². The van der Waals surface area contributed by atoms with Gasteiger partial charge >= 0.3 is 0 Å². The van der Waals surface area contributed by atoms with Crippen LogP contribution in [0.5, 0.6) is 0 Å². The van der Waals surface area contributed by atoms with Crippen LogP contribution >= 0.6 is 0 Å². The van der Waals surface area contributed by atoms with Crippen molar-refractivity contribution in [2.24, 2.45) is 11.7 Å². The number of carbonyl (C=O) groups is 3. The lowest BCUT2D eigenvalue weighted by Crippen LogP contribution is -2.28. The van der Waals surface area contributed by atoms with E-state index in [0.717, 1.165) is 0 Å². The fraction of sp³-hybridized carbons (Fsp3) is 0.375. The van der Waals surface area contributed by atoms with E-state index in [0.29, 0.717) is 30.5 Å². The minimum absolute atomic E-state index is 0.00356. The first-order valence-electron chi connectivity index (χ1n) is 7.25. The van der Waals surface area contributed by atoms with Crippen molar-refractivity contribution < 1.29 is 14.4 Å². The second-order valence-corrected chi connectivity index (χ2v) is 5.23. The zero-order chi connectivity index (χ0) is 17.2. The molecule has 122 valence electrons. The number of nitrogens with two attached hydrogens (primary N) is 1. The van der Waals surface area contributed by atoms with Crippen LogP contribution in [-0.4, -0.2) is 30.8 Å². The highest BCUT2D eigenvalue weighted by atomic mass is 16.2. The topological polar surface area (TPSA) is 125 Å². The third-order valence-corrected chi connectivity index (χ3v) is 3.25. The van der Waals surface area contributed by atoms with Crippen molar-refractivity contribution >= 4 is 17.7 Å². The number of carbonyl (C=O) groups excluding carboxylic acids is 3. The maximum atomic E-state index is 11.9. The summed E-state index contributed by atoms with van der Waals surface area (Å²) in [5.74, 6) is -0.874. The van der Waals surface area contributed by atoms with E-state index in [-0.39, 0.29) is 24.3 Å². The van der Waals surface area contributed by atoms with Crippen LogP contribution in [0.1, 0.15) is 40.5 Å². The van der Waals surface area contributed by atoms with E-state index >= 15 is 0 Å². The number of nitriles is 1. The second-order valence-electron chi connectivity index (χ2n) is 5.23. The molecule has 0 saturated carbocycles. The Bertz CT molecular complexity index is 605. The average molecular weight is 316 g/mol. The van der Waals surface area contributed by atoms with Crippen molar-refractivity contribution in [2.45, 2.75) is 19.8 Å². The summed E-state index contributed by atoms with van der Waals surface area (Å²) in [7, 11) is 0. The van der Waals surface area contributed by atoms with Crippen LogP contribution in [0.2, 0.25) is 0 Å². The van der Waals surface area contributed by atoms with Gasteiger partial charge in [0, 0.05) is 24.1 Å². The van der Waals surface area contributed by atoms with Crippen LogP contribution in [0.4, 0.5) is 0 Å². The van der Waals surface area contributed by atoms with E-state index in [1.54, 1.807) is 0 Å². The number of benzene rings is 1. The zero-order valence-electron chi connectivity index (χ0n) is 13.0. The molecule has 0 fully saturated rings. The maximum Gasteiger partial charge on any atom is 0.251 e. The Morgan fingerprint density at radius 3 is 2.35 bits per heavy atom. The summed E-state index contributed by atoms with van der Waals surface area (Å²) < 4.78 is 0. The summed E-state index contributed by atoms with van der Waals surface area (Å²) in [6.45, 7) is 2.34. The van der Waals surface area contributed by atoms with Crippen molar-refractivity contribution in [1.82, 2.24) is 10.6 Å². The van der Waals surface area contributed by atoms with Crippen molar-refractivity contribution in [3.63, 3.8) is 0 Å². The predicted molar refractivity (Wildman–Crippen MR) is 84.3 cm³/mol. The van der Waals surface area contributed by atoms with Crippen molar-refractivity contribution in [2.75, 3.05) is 13.1 Å². The highest BCUT2D eigenvalue weighted by molar-refractivity contribution is 5.97. The Morgan fingerprint density at radius 1 is 1.17 bits per heavy atom. The molecule has 3 amide bonds.